The van der Waals surface area contributed by atoms with E-state index in [1.165, 1.54) is 24.3 Å². The van der Waals surface area contributed by atoms with Crippen molar-refractivity contribution in [2.45, 2.75) is 13.8 Å². The number of carbonyl (C=O) groups is 3. The average Bonchev–Trinajstić information content (AvgIpc) is 2.83. The second kappa shape index (κ2) is 10.8. The molecule has 33 heavy (non-hydrogen) atoms. The summed E-state index contributed by atoms with van der Waals surface area (Å²) < 4.78 is 11.1. The van der Waals surface area contributed by atoms with Gasteiger partial charge < -0.3 is 14.6 Å². The molecule has 0 aliphatic heterocycles. The van der Waals surface area contributed by atoms with Gasteiger partial charge in [0, 0.05) is 11.1 Å². The van der Waals surface area contributed by atoms with Gasteiger partial charge in [0.2, 0.25) is 0 Å². The molecule has 0 fully saturated rings. The average molecular weight is 448 g/mol. The van der Waals surface area contributed by atoms with Gasteiger partial charge in [-0.15, -0.1) is 0 Å². The van der Waals surface area contributed by atoms with Crippen LogP contribution in [0.25, 0.3) is 0 Å². The number of hydrogen-bond donors (Lipinski definition) is 3. The topological polar surface area (TPSA) is 114 Å². The van der Waals surface area contributed by atoms with Gasteiger partial charge in [-0.05, 0) is 50.2 Å². The van der Waals surface area contributed by atoms with Gasteiger partial charge >= 0.3 is 0 Å². The van der Waals surface area contributed by atoms with Crippen LogP contribution >= 0.6 is 0 Å². The molecule has 3 aromatic rings. The van der Waals surface area contributed by atoms with E-state index in [-0.39, 0.29) is 22.4 Å². The molecule has 0 saturated carbocycles. The summed E-state index contributed by atoms with van der Waals surface area (Å²) in [5.41, 5.74) is 5.07. The predicted molar refractivity (Wildman–Crippen MR) is 122 cm³/mol. The van der Waals surface area contributed by atoms with Crippen molar-refractivity contribution in [1.29, 1.82) is 0 Å². The van der Waals surface area contributed by atoms with Crippen LogP contribution in [0.2, 0.25) is 0 Å². The van der Waals surface area contributed by atoms with Crippen LogP contribution in [0.15, 0.2) is 66.7 Å². The van der Waals surface area contributed by atoms with Crippen molar-refractivity contribution in [2.75, 3.05) is 13.2 Å². The number of amides is 2. The largest absolute Gasteiger partial charge is 0.507 e. The maximum atomic E-state index is 13.2. The zero-order valence-corrected chi connectivity index (χ0v) is 18.3. The molecule has 0 atom stereocenters. The summed E-state index contributed by atoms with van der Waals surface area (Å²) in [5, 5.41) is 9.78. The Labute approximate surface area is 191 Å². The van der Waals surface area contributed by atoms with Crippen LogP contribution in [0.1, 0.15) is 50.5 Å². The molecular formula is C25H24N2O6. The van der Waals surface area contributed by atoms with Gasteiger partial charge in [-0.3, -0.25) is 25.2 Å². The van der Waals surface area contributed by atoms with E-state index in [1.54, 1.807) is 42.5 Å². The summed E-state index contributed by atoms with van der Waals surface area (Å²) in [6.07, 6.45) is 0. The second-order valence-corrected chi connectivity index (χ2v) is 6.83. The lowest BCUT2D eigenvalue weighted by Crippen LogP contribution is -2.42. The number of ether oxygens (including phenoxy) is 2. The summed E-state index contributed by atoms with van der Waals surface area (Å²) >= 11 is 0. The van der Waals surface area contributed by atoms with E-state index in [0.717, 1.165) is 0 Å². The first kappa shape index (κ1) is 23.3. The van der Waals surface area contributed by atoms with Crippen LogP contribution in [0.4, 0.5) is 0 Å². The summed E-state index contributed by atoms with van der Waals surface area (Å²) in [7, 11) is 0. The first-order valence-electron chi connectivity index (χ1n) is 10.4. The fraction of sp³-hybridized carbons (Fsp3) is 0.160. The van der Waals surface area contributed by atoms with E-state index in [1.807, 2.05) is 13.8 Å². The van der Waals surface area contributed by atoms with Crippen LogP contribution in [0, 0.1) is 0 Å². The summed E-state index contributed by atoms with van der Waals surface area (Å²) in [6.45, 7) is 4.52. The zero-order valence-electron chi connectivity index (χ0n) is 18.3. The molecule has 3 N–H and O–H groups in total. The molecule has 0 heterocycles. The number of benzene rings is 3. The fourth-order valence-corrected chi connectivity index (χ4v) is 3.14. The Hall–Kier alpha value is -4.33. The predicted octanol–water partition coefficient (Wildman–Crippen LogP) is 3.50. The van der Waals surface area contributed by atoms with E-state index in [4.69, 9.17) is 9.47 Å². The van der Waals surface area contributed by atoms with Crippen molar-refractivity contribution >= 4 is 17.6 Å². The van der Waals surface area contributed by atoms with Gasteiger partial charge in [0.25, 0.3) is 11.8 Å². The summed E-state index contributed by atoms with van der Waals surface area (Å²) in [4.78, 5) is 38.2. The molecule has 0 spiro atoms. The molecule has 0 unspecified atom stereocenters. The lowest BCUT2D eigenvalue weighted by molar-refractivity contribution is 0.0843. The van der Waals surface area contributed by atoms with Crippen molar-refractivity contribution in [3.63, 3.8) is 0 Å². The van der Waals surface area contributed by atoms with Gasteiger partial charge in [0.1, 0.15) is 5.75 Å². The molecule has 0 radical (unpaired) electrons. The van der Waals surface area contributed by atoms with Crippen LogP contribution in [0.5, 0.6) is 17.2 Å². The third-order valence-corrected chi connectivity index (χ3v) is 4.66. The van der Waals surface area contributed by atoms with Gasteiger partial charge in [-0.2, -0.15) is 0 Å². The van der Waals surface area contributed by atoms with Crippen LogP contribution in [-0.2, 0) is 0 Å². The zero-order chi connectivity index (χ0) is 23.8. The van der Waals surface area contributed by atoms with Crippen LogP contribution < -0.4 is 20.3 Å². The molecule has 8 nitrogen and oxygen atoms in total. The quantitative estimate of drug-likeness (QED) is 0.359. The number of phenolic OH excluding ortho intramolecular Hbond substituents is 1. The highest BCUT2D eigenvalue weighted by molar-refractivity contribution is 6.15. The number of hydrogen-bond acceptors (Lipinski definition) is 6. The lowest BCUT2D eigenvalue weighted by Gasteiger charge is -2.13. The second-order valence-electron chi connectivity index (χ2n) is 6.83. The molecule has 8 heteroatoms. The monoisotopic (exact) mass is 448 g/mol. The standard InChI is InChI=1S/C25H24N2O6/c1-3-32-21-14-13-16(15-22(21)33-4-2)23(29)17-9-5-6-10-18(17)24(30)26-27-25(31)19-11-7-8-12-20(19)28/h5-15,28H,3-4H2,1-2H3,(H,26,30)(H,27,31). The van der Waals surface area contributed by atoms with E-state index < -0.39 is 17.6 Å². The SMILES string of the molecule is CCOc1ccc(C(=O)c2ccccc2C(=O)NNC(=O)c2ccccc2O)cc1OCC. The molecule has 0 aliphatic carbocycles. The molecule has 3 aromatic carbocycles. The van der Waals surface area contributed by atoms with Crippen molar-refractivity contribution in [1.82, 2.24) is 10.9 Å². The summed E-state index contributed by atoms with van der Waals surface area (Å²) in [6, 6.07) is 17.0. The van der Waals surface area contributed by atoms with Crippen molar-refractivity contribution in [3.05, 3.63) is 89.0 Å². The van der Waals surface area contributed by atoms with Gasteiger partial charge in [-0.1, -0.05) is 30.3 Å². The number of hydrazine groups is 1. The molecule has 2 amide bonds. The Bertz CT molecular complexity index is 1180. The van der Waals surface area contributed by atoms with E-state index in [0.29, 0.717) is 30.3 Å². The highest BCUT2D eigenvalue weighted by Crippen LogP contribution is 2.30. The highest BCUT2D eigenvalue weighted by Gasteiger charge is 2.20. The maximum Gasteiger partial charge on any atom is 0.273 e. The number of carbonyl (C=O) groups excluding carboxylic acids is 3. The number of aromatic hydroxyl groups is 1. The van der Waals surface area contributed by atoms with Crippen molar-refractivity contribution < 1.29 is 29.0 Å². The smallest absolute Gasteiger partial charge is 0.273 e. The minimum atomic E-state index is -0.696. The third kappa shape index (κ3) is 5.48. The van der Waals surface area contributed by atoms with Gasteiger partial charge in [-0.25, -0.2) is 0 Å². The fourth-order valence-electron chi connectivity index (χ4n) is 3.14. The third-order valence-electron chi connectivity index (χ3n) is 4.66. The minimum Gasteiger partial charge on any atom is -0.507 e. The molecule has 170 valence electrons. The van der Waals surface area contributed by atoms with Crippen molar-refractivity contribution in [3.8, 4) is 17.2 Å². The van der Waals surface area contributed by atoms with E-state index in [2.05, 4.69) is 10.9 Å². The molecule has 0 aliphatic rings. The first-order chi connectivity index (χ1) is 16.0. The first-order valence-corrected chi connectivity index (χ1v) is 10.4. The van der Waals surface area contributed by atoms with Crippen molar-refractivity contribution in [2.24, 2.45) is 0 Å². The number of phenols is 1. The number of rotatable bonds is 8. The highest BCUT2D eigenvalue weighted by atomic mass is 16.5. The van der Waals surface area contributed by atoms with Crippen LogP contribution in [0.3, 0.4) is 0 Å². The normalized spacial score (nSPS) is 10.2. The maximum absolute atomic E-state index is 13.2. The molecule has 0 bridgehead atoms. The molecule has 0 saturated heterocycles. The Morgan fingerprint density at radius 1 is 0.727 bits per heavy atom. The number of para-hydroxylation sites is 1. The molecule has 0 aromatic heterocycles. The molecule has 3 rings (SSSR count). The summed E-state index contributed by atoms with van der Waals surface area (Å²) in [5.74, 6) is -1.04. The Morgan fingerprint density at radius 2 is 1.27 bits per heavy atom. The molecular weight excluding hydrogens is 424 g/mol. The number of ketones is 1. The lowest BCUT2D eigenvalue weighted by atomic mass is 9.97. The van der Waals surface area contributed by atoms with E-state index >= 15 is 0 Å². The Morgan fingerprint density at radius 3 is 1.91 bits per heavy atom. The van der Waals surface area contributed by atoms with Gasteiger partial charge in [0.15, 0.2) is 17.3 Å². The Balaban J connectivity index is 1.81. The Kier molecular flexibility index (Phi) is 7.64. The van der Waals surface area contributed by atoms with E-state index in [9.17, 15) is 19.5 Å². The van der Waals surface area contributed by atoms with Crippen LogP contribution in [-0.4, -0.2) is 35.9 Å². The van der Waals surface area contributed by atoms with Gasteiger partial charge in [0.05, 0.1) is 24.3 Å². The number of nitrogens with one attached hydrogen (secondary N) is 2. The minimum absolute atomic E-state index is 0.00000282.